The van der Waals surface area contributed by atoms with Gasteiger partial charge in [0, 0.05) is 13.7 Å². The molecular formula is C18H21NO3. The maximum atomic E-state index is 11.9. The zero-order chi connectivity index (χ0) is 15.8. The summed E-state index contributed by atoms with van der Waals surface area (Å²) in [6, 6.07) is 17.3. The van der Waals surface area contributed by atoms with Crippen molar-refractivity contribution in [1.82, 2.24) is 5.32 Å². The summed E-state index contributed by atoms with van der Waals surface area (Å²) in [6.45, 7) is 2.44. The third-order valence-electron chi connectivity index (χ3n) is 3.42. The number of hydrogen-bond acceptors (Lipinski definition) is 3. The first-order valence-electron chi connectivity index (χ1n) is 7.23. The third-order valence-corrected chi connectivity index (χ3v) is 3.42. The van der Waals surface area contributed by atoms with Crippen molar-refractivity contribution in [3.05, 3.63) is 65.7 Å². The fraction of sp³-hybridized carbons (Fsp3) is 0.278. The lowest BCUT2D eigenvalue weighted by Gasteiger charge is -2.18. The lowest BCUT2D eigenvalue weighted by Crippen LogP contribution is -2.33. The van der Waals surface area contributed by atoms with E-state index in [1.54, 1.807) is 7.11 Å². The Labute approximate surface area is 131 Å². The minimum Gasteiger partial charge on any atom is -0.484 e. The van der Waals surface area contributed by atoms with Crippen LogP contribution in [0, 0.1) is 6.92 Å². The van der Waals surface area contributed by atoms with Gasteiger partial charge < -0.3 is 14.8 Å². The van der Waals surface area contributed by atoms with Crippen LogP contribution >= 0.6 is 0 Å². The van der Waals surface area contributed by atoms with Gasteiger partial charge in [0.1, 0.15) is 5.75 Å². The van der Waals surface area contributed by atoms with E-state index in [0.29, 0.717) is 12.3 Å². The number of methoxy groups -OCH3 is 1. The number of benzene rings is 2. The molecular weight excluding hydrogens is 278 g/mol. The molecule has 0 saturated carbocycles. The second-order valence-corrected chi connectivity index (χ2v) is 4.99. The smallest absolute Gasteiger partial charge is 0.258 e. The fourth-order valence-electron chi connectivity index (χ4n) is 2.19. The van der Waals surface area contributed by atoms with Crippen molar-refractivity contribution in [2.24, 2.45) is 0 Å². The van der Waals surface area contributed by atoms with Crippen LogP contribution in [0.1, 0.15) is 17.2 Å². The second kappa shape index (κ2) is 8.20. The Morgan fingerprint density at radius 3 is 2.45 bits per heavy atom. The van der Waals surface area contributed by atoms with E-state index in [1.807, 2.05) is 61.5 Å². The molecule has 0 radical (unpaired) electrons. The zero-order valence-corrected chi connectivity index (χ0v) is 12.9. The lowest BCUT2D eigenvalue weighted by atomic mass is 10.0. The van der Waals surface area contributed by atoms with E-state index in [-0.39, 0.29) is 18.6 Å². The first kappa shape index (κ1) is 16.0. The van der Waals surface area contributed by atoms with Gasteiger partial charge in [-0.1, -0.05) is 42.5 Å². The van der Waals surface area contributed by atoms with Crippen molar-refractivity contribution < 1.29 is 14.3 Å². The molecule has 0 heterocycles. The molecule has 0 saturated heterocycles. The highest BCUT2D eigenvalue weighted by Crippen LogP contribution is 2.19. The van der Waals surface area contributed by atoms with Gasteiger partial charge in [0.2, 0.25) is 0 Å². The summed E-state index contributed by atoms with van der Waals surface area (Å²) >= 11 is 0. The van der Waals surface area contributed by atoms with Crippen molar-refractivity contribution in [1.29, 1.82) is 0 Å². The molecule has 0 aliphatic carbocycles. The van der Waals surface area contributed by atoms with Crippen LogP contribution in [0.15, 0.2) is 54.6 Å². The van der Waals surface area contributed by atoms with E-state index in [4.69, 9.17) is 9.47 Å². The molecule has 0 spiro atoms. The molecule has 116 valence electrons. The van der Waals surface area contributed by atoms with Gasteiger partial charge in [0.05, 0.1) is 6.10 Å². The van der Waals surface area contributed by atoms with Gasteiger partial charge in [-0.05, 0) is 30.2 Å². The normalized spacial score (nSPS) is 11.7. The Morgan fingerprint density at radius 2 is 1.77 bits per heavy atom. The number of ether oxygens (including phenoxy) is 2. The van der Waals surface area contributed by atoms with Crippen LogP contribution in [0.2, 0.25) is 0 Å². The van der Waals surface area contributed by atoms with Crippen LogP contribution < -0.4 is 10.1 Å². The zero-order valence-electron chi connectivity index (χ0n) is 12.9. The molecule has 0 aliphatic rings. The lowest BCUT2D eigenvalue weighted by molar-refractivity contribution is -0.123. The van der Waals surface area contributed by atoms with E-state index >= 15 is 0 Å². The Morgan fingerprint density at radius 1 is 1.09 bits per heavy atom. The highest BCUT2D eigenvalue weighted by molar-refractivity contribution is 5.77. The number of para-hydroxylation sites is 1. The number of rotatable bonds is 7. The summed E-state index contributed by atoms with van der Waals surface area (Å²) < 4.78 is 10.9. The van der Waals surface area contributed by atoms with Crippen molar-refractivity contribution in [3.63, 3.8) is 0 Å². The molecule has 0 fully saturated rings. The van der Waals surface area contributed by atoms with E-state index in [1.165, 1.54) is 0 Å². The SMILES string of the molecule is COC(CNC(=O)COc1ccccc1)c1ccccc1C. The van der Waals surface area contributed by atoms with E-state index in [2.05, 4.69) is 5.32 Å². The van der Waals surface area contributed by atoms with Crippen LogP contribution in [-0.2, 0) is 9.53 Å². The first-order chi connectivity index (χ1) is 10.7. The maximum Gasteiger partial charge on any atom is 0.258 e. The van der Waals surface area contributed by atoms with Gasteiger partial charge in [-0.2, -0.15) is 0 Å². The predicted molar refractivity (Wildman–Crippen MR) is 85.9 cm³/mol. The fourth-order valence-corrected chi connectivity index (χ4v) is 2.19. The van der Waals surface area contributed by atoms with Gasteiger partial charge in [0.15, 0.2) is 6.61 Å². The monoisotopic (exact) mass is 299 g/mol. The molecule has 1 atom stereocenters. The molecule has 2 rings (SSSR count). The second-order valence-electron chi connectivity index (χ2n) is 4.99. The quantitative estimate of drug-likeness (QED) is 0.855. The number of aryl methyl sites for hydroxylation is 1. The summed E-state index contributed by atoms with van der Waals surface area (Å²) in [5, 5.41) is 2.84. The average Bonchev–Trinajstić information content (AvgIpc) is 2.56. The minimum atomic E-state index is -0.167. The van der Waals surface area contributed by atoms with E-state index < -0.39 is 0 Å². The Bertz CT molecular complexity index is 598. The van der Waals surface area contributed by atoms with Crippen molar-refractivity contribution in [2.45, 2.75) is 13.0 Å². The number of carbonyl (C=O) groups excluding carboxylic acids is 1. The highest BCUT2D eigenvalue weighted by atomic mass is 16.5. The van der Waals surface area contributed by atoms with Crippen LogP contribution in [-0.4, -0.2) is 26.2 Å². The molecule has 1 N–H and O–H groups in total. The summed E-state index contributed by atoms with van der Waals surface area (Å²) in [5.74, 6) is 0.513. The minimum absolute atomic E-state index is 0.00573. The van der Waals surface area contributed by atoms with Crippen LogP contribution in [0.5, 0.6) is 5.75 Å². The van der Waals surface area contributed by atoms with Crippen LogP contribution in [0.25, 0.3) is 0 Å². The molecule has 22 heavy (non-hydrogen) atoms. The largest absolute Gasteiger partial charge is 0.484 e. The number of nitrogens with one attached hydrogen (secondary N) is 1. The van der Waals surface area contributed by atoms with Crippen molar-refractivity contribution in [3.8, 4) is 5.75 Å². The summed E-state index contributed by atoms with van der Waals surface area (Å²) in [5.41, 5.74) is 2.22. The van der Waals surface area contributed by atoms with Crippen molar-refractivity contribution in [2.75, 3.05) is 20.3 Å². The third kappa shape index (κ3) is 4.60. The van der Waals surface area contributed by atoms with Gasteiger partial charge in [-0.15, -0.1) is 0 Å². The molecule has 0 bridgehead atoms. The van der Waals surface area contributed by atoms with E-state index in [9.17, 15) is 4.79 Å². The maximum absolute atomic E-state index is 11.9. The molecule has 1 unspecified atom stereocenters. The topological polar surface area (TPSA) is 47.6 Å². The van der Waals surface area contributed by atoms with Crippen molar-refractivity contribution >= 4 is 5.91 Å². The van der Waals surface area contributed by atoms with Gasteiger partial charge in [0.25, 0.3) is 5.91 Å². The van der Waals surface area contributed by atoms with Crippen LogP contribution in [0.3, 0.4) is 0 Å². The van der Waals surface area contributed by atoms with Gasteiger partial charge in [-0.25, -0.2) is 0 Å². The Kier molecular flexibility index (Phi) is 5.98. The van der Waals surface area contributed by atoms with Gasteiger partial charge >= 0.3 is 0 Å². The molecule has 2 aromatic carbocycles. The summed E-state index contributed by atoms with van der Waals surface area (Å²) in [4.78, 5) is 11.9. The van der Waals surface area contributed by atoms with E-state index in [0.717, 1.165) is 11.1 Å². The first-order valence-corrected chi connectivity index (χ1v) is 7.23. The molecule has 1 amide bonds. The molecule has 0 aromatic heterocycles. The average molecular weight is 299 g/mol. The van der Waals surface area contributed by atoms with Crippen LogP contribution in [0.4, 0.5) is 0 Å². The van der Waals surface area contributed by atoms with Gasteiger partial charge in [-0.3, -0.25) is 4.79 Å². The Balaban J connectivity index is 1.83. The summed E-state index contributed by atoms with van der Waals surface area (Å²) in [7, 11) is 1.64. The highest BCUT2D eigenvalue weighted by Gasteiger charge is 2.14. The number of carbonyl (C=O) groups is 1. The molecule has 2 aromatic rings. The number of hydrogen-bond donors (Lipinski definition) is 1. The molecule has 0 aliphatic heterocycles. The molecule has 4 heteroatoms. The Hall–Kier alpha value is -2.33. The predicted octanol–water partition coefficient (Wildman–Crippen LogP) is 2.88. The standard InChI is InChI=1S/C18H21NO3/c1-14-8-6-7-11-16(14)17(21-2)12-19-18(20)13-22-15-9-4-3-5-10-15/h3-11,17H,12-13H2,1-2H3,(H,19,20). The summed E-state index contributed by atoms with van der Waals surface area (Å²) in [6.07, 6.45) is -0.165. The molecule has 4 nitrogen and oxygen atoms in total. The number of amides is 1.